The summed E-state index contributed by atoms with van der Waals surface area (Å²) in [5, 5.41) is 0.663. The molecule has 6 heteroatoms. The van der Waals surface area contributed by atoms with Gasteiger partial charge in [-0.3, -0.25) is 0 Å². The summed E-state index contributed by atoms with van der Waals surface area (Å²) >= 11 is 0. The van der Waals surface area contributed by atoms with Crippen molar-refractivity contribution in [3.8, 4) is 5.75 Å². The third-order valence-electron chi connectivity index (χ3n) is 6.75. The maximum Gasteiger partial charge on any atom is 0.420 e. The van der Waals surface area contributed by atoms with E-state index in [1.54, 1.807) is 18.2 Å². The minimum absolute atomic E-state index is 0.0728. The Morgan fingerprint density at radius 2 is 1.67 bits per heavy atom. The maximum atomic E-state index is 14.0. The van der Waals surface area contributed by atoms with Crippen molar-refractivity contribution < 1.29 is 22.6 Å². The Bertz CT molecular complexity index is 920. The van der Waals surface area contributed by atoms with Gasteiger partial charge in [-0.05, 0) is 65.5 Å². The van der Waals surface area contributed by atoms with E-state index in [0.717, 1.165) is 31.2 Å². The van der Waals surface area contributed by atoms with Crippen LogP contribution in [0.15, 0.2) is 30.3 Å². The van der Waals surface area contributed by atoms with Gasteiger partial charge >= 0.3 is 6.18 Å². The van der Waals surface area contributed by atoms with Gasteiger partial charge in [0.15, 0.2) is 0 Å². The smallest absolute Gasteiger partial charge is 0.420 e. The van der Waals surface area contributed by atoms with E-state index in [-0.39, 0.29) is 22.7 Å². The van der Waals surface area contributed by atoms with Gasteiger partial charge in [-0.1, -0.05) is 39.0 Å². The molecule has 1 saturated carbocycles. The maximum absolute atomic E-state index is 14.0. The van der Waals surface area contributed by atoms with Gasteiger partial charge in [0.2, 0.25) is 0 Å². The minimum atomic E-state index is -4.50. The highest BCUT2D eigenvalue weighted by atomic mass is 19.4. The number of hydrogen-bond acceptors (Lipinski definition) is 3. The monoisotopic (exact) mass is 421 g/mol. The molecule has 2 fully saturated rings. The number of nitrogens with two attached hydrogens (primary N) is 1. The molecule has 0 radical (unpaired) electrons. The summed E-state index contributed by atoms with van der Waals surface area (Å²) in [5.74, 6) is 0.505. The third-order valence-corrected chi connectivity index (χ3v) is 6.75. The van der Waals surface area contributed by atoms with Crippen LogP contribution >= 0.6 is 0 Å². The van der Waals surface area contributed by atoms with Crippen molar-refractivity contribution in [2.45, 2.75) is 64.3 Å². The number of hydrogen-bond donors (Lipinski definition) is 1. The Morgan fingerprint density at radius 3 is 2.20 bits per heavy atom. The predicted molar refractivity (Wildman–Crippen MR) is 111 cm³/mol. The Hall–Kier alpha value is -1.79. The van der Waals surface area contributed by atoms with E-state index in [2.05, 4.69) is 20.8 Å². The molecule has 2 aromatic carbocycles. The van der Waals surface area contributed by atoms with Crippen molar-refractivity contribution in [3.63, 3.8) is 0 Å². The van der Waals surface area contributed by atoms with Crippen LogP contribution in [-0.2, 0) is 16.5 Å². The topological polar surface area (TPSA) is 44.5 Å². The fraction of sp³-hybridized carbons (Fsp3) is 0.583. The molecule has 4 rings (SSSR count). The average Bonchev–Trinajstić information content (AvgIpc) is 2.64. The van der Waals surface area contributed by atoms with Crippen LogP contribution in [-0.4, -0.2) is 19.3 Å². The Kier molecular flexibility index (Phi) is 5.30. The lowest BCUT2D eigenvalue weighted by Gasteiger charge is -2.38. The van der Waals surface area contributed by atoms with Gasteiger partial charge in [0.25, 0.3) is 0 Å². The second-order valence-electron chi connectivity index (χ2n) is 9.98. The highest BCUT2D eigenvalue weighted by Gasteiger charge is 2.39. The van der Waals surface area contributed by atoms with Gasteiger partial charge < -0.3 is 15.2 Å². The molecule has 1 aliphatic heterocycles. The largest absolute Gasteiger partial charge is 0.490 e. The number of fused-ring (bicyclic) bond motifs is 1. The van der Waals surface area contributed by atoms with Crippen molar-refractivity contribution >= 4 is 10.8 Å². The zero-order chi connectivity index (χ0) is 21.7. The van der Waals surface area contributed by atoms with Crippen molar-refractivity contribution in [3.05, 3.63) is 41.5 Å². The summed E-state index contributed by atoms with van der Waals surface area (Å²) < 4.78 is 53.3. The molecule has 0 unspecified atom stereocenters. The lowest BCUT2D eigenvalue weighted by Crippen LogP contribution is -2.54. The number of ether oxygens (including phenoxy) is 2. The van der Waals surface area contributed by atoms with E-state index in [0.29, 0.717) is 24.5 Å². The minimum Gasteiger partial charge on any atom is -0.490 e. The molecular formula is C24H30F3NO2. The Morgan fingerprint density at radius 1 is 1.00 bits per heavy atom. The molecule has 1 heterocycles. The molecule has 0 bridgehead atoms. The standard InChI is InChI=1S/C24H30F3NO2/c1-22(2,3)16-5-8-18(9-6-16)30-20-11-4-15-12-17(23(28)13-29-14-23)7-10-19(15)21(20)24(25,26)27/h4,7,10-12,16,18H,5-6,8-9,13-14,28H2,1-3H3. The molecule has 0 aromatic heterocycles. The van der Waals surface area contributed by atoms with Gasteiger partial charge in [-0.15, -0.1) is 0 Å². The molecule has 2 N–H and O–H groups in total. The summed E-state index contributed by atoms with van der Waals surface area (Å²) in [6.45, 7) is 7.42. The molecule has 1 saturated heterocycles. The fourth-order valence-electron chi connectivity index (χ4n) is 4.73. The van der Waals surface area contributed by atoms with Crippen molar-refractivity contribution in [2.75, 3.05) is 13.2 Å². The second kappa shape index (κ2) is 7.41. The summed E-state index contributed by atoms with van der Waals surface area (Å²) in [5.41, 5.74) is 5.96. The average molecular weight is 422 g/mol. The first-order chi connectivity index (χ1) is 14.0. The summed E-state index contributed by atoms with van der Waals surface area (Å²) in [4.78, 5) is 0. The van der Waals surface area contributed by atoms with Crippen molar-refractivity contribution in [1.29, 1.82) is 0 Å². The van der Waals surface area contributed by atoms with Crippen LogP contribution < -0.4 is 10.5 Å². The molecule has 2 aliphatic rings. The molecule has 30 heavy (non-hydrogen) atoms. The van der Waals surface area contributed by atoms with E-state index in [1.807, 2.05) is 0 Å². The van der Waals surface area contributed by atoms with Crippen LogP contribution in [0.1, 0.15) is 57.6 Å². The summed E-state index contributed by atoms with van der Waals surface area (Å²) in [6, 6.07) is 8.10. The van der Waals surface area contributed by atoms with Gasteiger partial charge in [0.05, 0.1) is 24.9 Å². The fourth-order valence-corrected chi connectivity index (χ4v) is 4.73. The van der Waals surface area contributed by atoms with Crippen LogP contribution in [0.3, 0.4) is 0 Å². The normalized spacial score (nSPS) is 24.5. The van der Waals surface area contributed by atoms with Gasteiger partial charge in [-0.2, -0.15) is 13.2 Å². The zero-order valence-corrected chi connectivity index (χ0v) is 17.8. The molecular weight excluding hydrogens is 391 g/mol. The first-order valence-electron chi connectivity index (χ1n) is 10.7. The number of halogens is 3. The predicted octanol–water partition coefficient (Wildman–Crippen LogP) is 6.03. The van der Waals surface area contributed by atoms with E-state index in [4.69, 9.17) is 15.2 Å². The lowest BCUT2D eigenvalue weighted by atomic mass is 9.72. The number of rotatable bonds is 3. The molecule has 0 atom stereocenters. The number of alkyl halides is 3. The van der Waals surface area contributed by atoms with Crippen LogP contribution in [0.25, 0.3) is 10.8 Å². The zero-order valence-electron chi connectivity index (χ0n) is 17.8. The van der Waals surface area contributed by atoms with Crippen LogP contribution in [0, 0.1) is 11.3 Å². The van der Waals surface area contributed by atoms with Gasteiger partial charge in [-0.25, -0.2) is 0 Å². The van der Waals surface area contributed by atoms with Crippen molar-refractivity contribution in [1.82, 2.24) is 0 Å². The van der Waals surface area contributed by atoms with Crippen LogP contribution in [0.4, 0.5) is 13.2 Å². The first-order valence-corrected chi connectivity index (χ1v) is 10.7. The Balaban J connectivity index is 1.63. The van der Waals surface area contributed by atoms with E-state index >= 15 is 0 Å². The van der Waals surface area contributed by atoms with Crippen molar-refractivity contribution in [2.24, 2.45) is 17.1 Å². The second-order valence-corrected chi connectivity index (χ2v) is 9.98. The van der Waals surface area contributed by atoms with Crippen LogP contribution in [0.5, 0.6) is 5.75 Å². The molecule has 0 amide bonds. The summed E-state index contributed by atoms with van der Waals surface area (Å²) in [7, 11) is 0. The van der Waals surface area contributed by atoms with Gasteiger partial charge in [0.1, 0.15) is 11.3 Å². The quantitative estimate of drug-likeness (QED) is 0.658. The SMILES string of the molecule is CC(C)(C)C1CCC(Oc2ccc3cc(C4(N)COC4)ccc3c2C(F)(F)F)CC1. The Labute approximate surface area is 175 Å². The highest BCUT2D eigenvalue weighted by molar-refractivity contribution is 5.89. The third kappa shape index (κ3) is 4.04. The van der Waals surface area contributed by atoms with Crippen LogP contribution in [0.2, 0.25) is 0 Å². The molecule has 1 aliphatic carbocycles. The molecule has 3 nitrogen and oxygen atoms in total. The van der Waals surface area contributed by atoms with Gasteiger partial charge in [0, 0.05) is 0 Å². The van der Waals surface area contributed by atoms with E-state index < -0.39 is 17.3 Å². The molecule has 0 spiro atoms. The number of benzene rings is 2. The highest BCUT2D eigenvalue weighted by Crippen LogP contribution is 2.44. The molecule has 2 aromatic rings. The lowest BCUT2D eigenvalue weighted by molar-refractivity contribution is -0.138. The summed E-state index contributed by atoms with van der Waals surface area (Å²) in [6.07, 6.45) is -1.15. The molecule has 164 valence electrons. The first kappa shape index (κ1) is 21.4. The van der Waals surface area contributed by atoms with E-state index in [9.17, 15) is 13.2 Å². The van der Waals surface area contributed by atoms with E-state index in [1.165, 1.54) is 12.1 Å².